The largest absolute Gasteiger partial charge is 0.347 e. The van der Waals surface area contributed by atoms with Crippen molar-refractivity contribution in [2.45, 2.75) is 39.2 Å². The maximum Gasteiger partial charge on any atom is 0.227 e. The monoisotopic (exact) mass is 339 g/mol. The molecule has 1 aromatic heterocycles. The van der Waals surface area contributed by atoms with Crippen molar-refractivity contribution in [2.75, 3.05) is 32.7 Å². The minimum absolute atomic E-state index is 0.294. The minimum atomic E-state index is 0.294. The standard InChI is InChI=1S/C21H29N3O/c1-2-23-16-18(19-7-3-4-8-20(19)23)13-21(25)24-12-9-17(15-24)14-22-10-5-6-11-22/h3-4,7-8,16-17H,2,5-6,9-15H2,1H3/t17-/m1/s1. The summed E-state index contributed by atoms with van der Waals surface area (Å²) in [6.07, 6.45) is 6.55. The topological polar surface area (TPSA) is 28.5 Å². The molecule has 2 saturated heterocycles. The van der Waals surface area contributed by atoms with E-state index in [0.717, 1.165) is 19.6 Å². The van der Waals surface area contributed by atoms with Gasteiger partial charge in [0, 0.05) is 43.3 Å². The number of fused-ring (bicyclic) bond motifs is 1. The highest BCUT2D eigenvalue weighted by Gasteiger charge is 2.28. The molecule has 1 atom stereocenters. The third-order valence-corrected chi connectivity index (χ3v) is 5.91. The SMILES string of the molecule is CCn1cc(CC(=O)N2CC[C@H](CN3CCCC3)C2)c2ccccc21. The lowest BCUT2D eigenvalue weighted by molar-refractivity contribution is -0.129. The summed E-state index contributed by atoms with van der Waals surface area (Å²) in [5, 5.41) is 1.23. The molecular formula is C21H29N3O. The van der Waals surface area contributed by atoms with E-state index in [-0.39, 0.29) is 0 Å². The number of carbonyl (C=O) groups is 1. The van der Waals surface area contributed by atoms with Crippen LogP contribution >= 0.6 is 0 Å². The van der Waals surface area contributed by atoms with Gasteiger partial charge in [-0.05, 0) is 56.8 Å². The average molecular weight is 339 g/mol. The number of benzene rings is 1. The van der Waals surface area contributed by atoms with Crippen molar-refractivity contribution in [3.8, 4) is 0 Å². The van der Waals surface area contributed by atoms with Crippen LogP contribution < -0.4 is 0 Å². The predicted molar refractivity (Wildman–Crippen MR) is 102 cm³/mol. The van der Waals surface area contributed by atoms with Crippen LogP contribution in [0, 0.1) is 5.92 Å². The first-order valence-electron chi connectivity index (χ1n) is 9.81. The summed E-state index contributed by atoms with van der Waals surface area (Å²) in [5.74, 6) is 0.960. The molecule has 0 saturated carbocycles. The summed E-state index contributed by atoms with van der Waals surface area (Å²) in [6, 6.07) is 8.43. The molecule has 0 aliphatic carbocycles. The number of nitrogens with zero attached hydrogens (tertiary/aromatic N) is 3. The van der Waals surface area contributed by atoms with Crippen LogP contribution in [0.15, 0.2) is 30.5 Å². The van der Waals surface area contributed by atoms with Gasteiger partial charge < -0.3 is 14.4 Å². The number of hydrogen-bond acceptors (Lipinski definition) is 2. The van der Waals surface area contributed by atoms with Gasteiger partial charge in [0.2, 0.25) is 5.91 Å². The van der Waals surface area contributed by atoms with Gasteiger partial charge in [-0.25, -0.2) is 0 Å². The van der Waals surface area contributed by atoms with Crippen LogP contribution in [0.25, 0.3) is 10.9 Å². The molecule has 134 valence electrons. The van der Waals surface area contributed by atoms with E-state index in [1.54, 1.807) is 0 Å². The molecule has 0 bridgehead atoms. The van der Waals surface area contributed by atoms with Crippen molar-refractivity contribution in [3.05, 3.63) is 36.0 Å². The van der Waals surface area contributed by atoms with Crippen molar-refractivity contribution >= 4 is 16.8 Å². The van der Waals surface area contributed by atoms with Gasteiger partial charge >= 0.3 is 0 Å². The van der Waals surface area contributed by atoms with E-state index in [1.807, 2.05) is 0 Å². The van der Waals surface area contributed by atoms with Crippen LogP contribution in [0.1, 0.15) is 31.7 Å². The Bertz CT molecular complexity index is 745. The second-order valence-corrected chi connectivity index (χ2v) is 7.64. The molecule has 0 radical (unpaired) electrons. The number of likely N-dealkylation sites (tertiary alicyclic amines) is 2. The summed E-state index contributed by atoms with van der Waals surface area (Å²) in [5.41, 5.74) is 2.41. The van der Waals surface area contributed by atoms with Gasteiger partial charge in [0.1, 0.15) is 0 Å². The Hall–Kier alpha value is -1.81. The van der Waals surface area contributed by atoms with Gasteiger partial charge in [-0.1, -0.05) is 18.2 Å². The highest BCUT2D eigenvalue weighted by Crippen LogP contribution is 2.24. The Labute approximate surface area is 150 Å². The Balaban J connectivity index is 1.41. The average Bonchev–Trinajstić information content (AvgIpc) is 3.36. The molecule has 1 aromatic carbocycles. The summed E-state index contributed by atoms with van der Waals surface area (Å²) < 4.78 is 2.25. The first-order valence-corrected chi connectivity index (χ1v) is 9.81. The van der Waals surface area contributed by atoms with Crippen LogP contribution in [0.4, 0.5) is 0 Å². The second-order valence-electron chi connectivity index (χ2n) is 7.64. The minimum Gasteiger partial charge on any atom is -0.347 e. The number of para-hydroxylation sites is 1. The van der Waals surface area contributed by atoms with Gasteiger partial charge in [-0.2, -0.15) is 0 Å². The molecule has 2 fully saturated rings. The molecule has 2 aromatic rings. The lowest BCUT2D eigenvalue weighted by Crippen LogP contribution is -2.32. The van der Waals surface area contributed by atoms with Crippen LogP contribution in [0.5, 0.6) is 0 Å². The number of aromatic nitrogens is 1. The smallest absolute Gasteiger partial charge is 0.227 e. The zero-order valence-corrected chi connectivity index (χ0v) is 15.3. The summed E-state index contributed by atoms with van der Waals surface area (Å²) in [4.78, 5) is 17.5. The maximum atomic E-state index is 12.8. The van der Waals surface area contributed by atoms with Crippen molar-refractivity contribution in [2.24, 2.45) is 5.92 Å². The van der Waals surface area contributed by atoms with E-state index >= 15 is 0 Å². The third-order valence-electron chi connectivity index (χ3n) is 5.91. The second kappa shape index (κ2) is 7.20. The molecule has 2 aliphatic heterocycles. The Kier molecular flexibility index (Phi) is 4.80. The molecular weight excluding hydrogens is 310 g/mol. The number of aryl methyl sites for hydroxylation is 1. The van der Waals surface area contributed by atoms with Gasteiger partial charge in [0.15, 0.2) is 0 Å². The lowest BCUT2D eigenvalue weighted by Gasteiger charge is -2.20. The zero-order valence-electron chi connectivity index (χ0n) is 15.3. The zero-order chi connectivity index (χ0) is 17.2. The highest BCUT2D eigenvalue weighted by molar-refractivity contribution is 5.89. The Morgan fingerprint density at radius 1 is 1.16 bits per heavy atom. The fourth-order valence-electron chi connectivity index (χ4n) is 4.54. The maximum absolute atomic E-state index is 12.8. The van der Waals surface area contributed by atoms with Gasteiger partial charge in [-0.3, -0.25) is 4.79 Å². The van der Waals surface area contributed by atoms with Crippen LogP contribution in [-0.4, -0.2) is 53.0 Å². The number of amides is 1. The van der Waals surface area contributed by atoms with E-state index < -0.39 is 0 Å². The van der Waals surface area contributed by atoms with Crippen LogP contribution in [0.3, 0.4) is 0 Å². The summed E-state index contributed by atoms with van der Waals surface area (Å²) >= 11 is 0. The van der Waals surface area contributed by atoms with E-state index in [1.165, 1.54) is 55.4 Å². The van der Waals surface area contributed by atoms with Crippen molar-refractivity contribution < 1.29 is 4.79 Å². The normalized spacial score (nSPS) is 21.5. The van der Waals surface area contributed by atoms with Gasteiger partial charge in [-0.15, -0.1) is 0 Å². The third kappa shape index (κ3) is 3.45. The predicted octanol–water partition coefficient (Wildman–Crippen LogP) is 3.15. The molecule has 4 heteroatoms. The van der Waals surface area contributed by atoms with E-state index in [0.29, 0.717) is 18.2 Å². The van der Waals surface area contributed by atoms with E-state index in [4.69, 9.17) is 0 Å². The summed E-state index contributed by atoms with van der Waals surface area (Å²) in [7, 11) is 0. The molecule has 25 heavy (non-hydrogen) atoms. The summed E-state index contributed by atoms with van der Waals surface area (Å²) in [6.45, 7) is 8.66. The molecule has 3 heterocycles. The molecule has 2 aliphatic rings. The molecule has 0 unspecified atom stereocenters. The molecule has 1 amide bonds. The Morgan fingerprint density at radius 3 is 2.76 bits per heavy atom. The lowest BCUT2D eigenvalue weighted by atomic mass is 10.1. The number of rotatable bonds is 5. The van der Waals surface area contributed by atoms with Crippen LogP contribution in [0.2, 0.25) is 0 Å². The molecule has 0 spiro atoms. The first-order chi connectivity index (χ1) is 12.2. The molecule has 4 nitrogen and oxygen atoms in total. The van der Waals surface area contributed by atoms with E-state index in [2.05, 4.69) is 51.8 Å². The quantitative estimate of drug-likeness (QED) is 0.837. The number of hydrogen-bond donors (Lipinski definition) is 0. The molecule has 4 rings (SSSR count). The fraction of sp³-hybridized carbons (Fsp3) is 0.571. The van der Waals surface area contributed by atoms with Crippen molar-refractivity contribution in [3.63, 3.8) is 0 Å². The van der Waals surface area contributed by atoms with Gasteiger partial charge in [0.05, 0.1) is 6.42 Å². The first kappa shape index (κ1) is 16.6. The number of carbonyl (C=O) groups excluding carboxylic acids is 1. The van der Waals surface area contributed by atoms with Crippen molar-refractivity contribution in [1.29, 1.82) is 0 Å². The highest BCUT2D eigenvalue weighted by atomic mass is 16.2. The van der Waals surface area contributed by atoms with Crippen molar-refractivity contribution in [1.82, 2.24) is 14.4 Å². The molecule has 0 N–H and O–H groups in total. The van der Waals surface area contributed by atoms with Gasteiger partial charge in [0.25, 0.3) is 0 Å². The van der Waals surface area contributed by atoms with Crippen LogP contribution in [-0.2, 0) is 17.8 Å². The van der Waals surface area contributed by atoms with E-state index in [9.17, 15) is 4.79 Å². The Morgan fingerprint density at radius 2 is 1.96 bits per heavy atom. The fourth-order valence-corrected chi connectivity index (χ4v) is 4.54.